The molecule has 1 aromatic rings. The minimum atomic E-state index is -0.892. The molecule has 0 saturated carbocycles. The maximum atomic E-state index is 11.8. The van der Waals surface area contributed by atoms with Crippen LogP contribution < -0.4 is 5.32 Å². The summed E-state index contributed by atoms with van der Waals surface area (Å²) in [5, 5.41) is 12.3. The van der Waals surface area contributed by atoms with Crippen LogP contribution in [0.4, 0.5) is 5.82 Å². The molecule has 1 aromatic heterocycles. The number of nitrogens with one attached hydrogen (secondary N) is 1. The largest absolute Gasteiger partial charge is 0.481 e. The Morgan fingerprint density at radius 2 is 2.00 bits per heavy atom. The molecule has 1 amide bonds. The third kappa shape index (κ3) is 4.28. The highest BCUT2D eigenvalue weighted by atomic mass is 16.4. The average Bonchev–Trinajstić information content (AvgIpc) is 2.44. The summed E-state index contributed by atoms with van der Waals surface area (Å²) in [5.74, 6) is -0.566. The SMILES string of the molecule is CCCCCC(CC)(C(=O)O)c1ccc(NC(C)=O)nc1. The summed E-state index contributed by atoms with van der Waals surface area (Å²) < 4.78 is 0. The maximum absolute atomic E-state index is 11.8. The number of aromatic nitrogens is 1. The Hall–Kier alpha value is -1.91. The molecule has 5 heteroatoms. The van der Waals surface area contributed by atoms with Crippen LogP contribution in [-0.2, 0) is 15.0 Å². The fraction of sp³-hybridized carbons (Fsp3) is 0.562. The molecule has 0 aliphatic carbocycles. The van der Waals surface area contributed by atoms with Gasteiger partial charge in [0.15, 0.2) is 0 Å². The van der Waals surface area contributed by atoms with Gasteiger partial charge in [0.25, 0.3) is 0 Å². The highest BCUT2D eigenvalue weighted by Crippen LogP contribution is 2.34. The fourth-order valence-corrected chi connectivity index (χ4v) is 2.51. The van der Waals surface area contributed by atoms with Crippen molar-refractivity contribution in [3.63, 3.8) is 0 Å². The summed E-state index contributed by atoms with van der Waals surface area (Å²) in [4.78, 5) is 26.9. The van der Waals surface area contributed by atoms with Crippen molar-refractivity contribution in [1.29, 1.82) is 0 Å². The lowest BCUT2D eigenvalue weighted by Gasteiger charge is -2.28. The first-order chi connectivity index (χ1) is 9.96. The third-order valence-corrected chi connectivity index (χ3v) is 3.84. The number of carboxylic acid groups (broad SMARTS) is 1. The standard InChI is InChI=1S/C16H24N2O3/c1-4-6-7-10-16(5-2,15(20)21)13-8-9-14(17-11-13)18-12(3)19/h8-9,11H,4-7,10H2,1-3H3,(H,20,21)(H,17,18,19). The number of nitrogens with zero attached hydrogens (tertiary/aromatic N) is 1. The molecule has 0 radical (unpaired) electrons. The molecule has 0 aliphatic heterocycles. The molecular formula is C16H24N2O3. The zero-order chi connectivity index (χ0) is 15.9. The van der Waals surface area contributed by atoms with E-state index in [-0.39, 0.29) is 5.91 Å². The molecule has 0 fully saturated rings. The van der Waals surface area contributed by atoms with Crippen LogP contribution in [-0.4, -0.2) is 22.0 Å². The van der Waals surface area contributed by atoms with Gasteiger partial charge in [0.05, 0.1) is 5.41 Å². The number of anilines is 1. The van der Waals surface area contributed by atoms with Gasteiger partial charge in [0, 0.05) is 13.1 Å². The van der Waals surface area contributed by atoms with E-state index in [1.165, 1.54) is 6.92 Å². The maximum Gasteiger partial charge on any atom is 0.314 e. The van der Waals surface area contributed by atoms with E-state index in [4.69, 9.17) is 0 Å². The van der Waals surface area contributed by atoms with Crippen LogP contribution in [0.15, 0.2) is 18.3 Å². The van der Waals surface area contributed by atoms with Gasteiger partial charge in [-0.25, -0.2) is 4.98 Å². The van der Waals surface area contributed by atoms with E-state index in [0.29, 0.717) is 24.2 Å². The van der Waals surface area contributed by atoms with Gasteiger partial charge in [-0.05, 0) is 24.5 Å². The monoisotopic (exact) mass is 292 g/mol. The topological polar surface area (TPSA) is 79.3 Å². The molecule has 0 bridgehead atoms. The first-order valence-corrected chi connectivity index (χ1v) is 7.43. The molecule has 1 rings (SSSR count). The molecule has 116 valence electrons. The summed E-state index contributed by atoms with van der Waals surface area (Å²) in [5.41, 5.74) is -0.195. The number of rotatable bonds is 8. The lowest BCUT2D eigenvalue weighted by Crippen LogP contribution is -2.35. The van der Waals surface area contributed by atoms with Crippen LogP contribution in [0.5, 0.6) is 0 Å². The van der Waals surface area contributed by atoms with E-state index >= 15 is 0 Å². The molecule has 0 spiro atoms. The quantitative estimate of drug-likeness (QED) is 0.720. The number of hydrogen-bond donors (Lipinski definition) is 2. The minimum Gasteiger partial charge on any atom is -0.481 e. The zero-order valence-corrected chi connectivity index (χ0v) is 13.0. The predicted octanol–water partition coefficient (Wildman–Crippen LogP) is 3.35. The Morgan fingerprint density at radius 3 is 2.43 bits per heavy atom. The summed E-state index contributed by atoms with van der Waals surface area (Å²) >= 11 is 0. The van der Waals surface area contributed by atoms with E-state index in [0.717, 1.165) is 19.3 Å². The van der Waals surface area contributed by atoms with Crippen molar-refractivity contribution in [2.75, 3.05) is 5.32 Å². The van der Waals surface area contributed by atoms with Gasteiger partial charge in [-0.2, -0.15) is 0 Å². The van der Waals surface area contributed by atoms with Crippen molar-refractivity contribution in [1.82, 2.24) is 4.98 Å². The summed E-state index contributed by atoms with van der Waals surface area (Å²) in [6.45, 7) is 5.40. The fourth-order valence-electron chi connectivity index (χ4n) is 2.51. The van der Waals surface area contributed by atoms with E-state index < -0.39 is 11.4 Å². The van der Waals surface area contributed by atoms with Crippen LogP contribution in [0.3, 0.4) is 0 Å². The Bertz CT molecular complexity index is 485. The molecule has 1 atom stereocenters. The summed E-state index contributed by atoms with van der Waals surface area (Å²) in [7, 11) is 0. The normalized spacial score (nSPS) is 13.5. The molecule has 21 heavy (non-hydrogen) atoms. The van der Waals surface area contributed by atoms with E-state index in [1.54, 1.807) is 18.3 Å². The molecule has 5 nitrogen and oxygen atoms in total. The van der Waals surface area contributed by atoms with Gasteiger partial charge in [-0.15, -0.1) is 0 Å². The van der Waals surface area contributed by atoms with Crippen LogP contribution in [0, 0.1) is 0 Å². The van der Waals surface area contributed by atoms with E-state index in [2.05, 4.69) is 17.2 Å². The minimum absolute atomic E-state index is 0.196. The Kier molecular flexibility index (Phi) is 6.34. The molecule has 1 unspecified atom stereocenters. The van der Waals surface area contributed by atoms with Gasteiger partial charge in [0.2, 0.25) is 5.91 Å². The van der Waals surface area contributed by atoms with Crippen LogP contribution >= 0.6 is 0 Å². The number of pyridine rings is 1. The van der Waals surface area contributed by atoms with E-state index in [1.807, 2.05) is 6.92 Å². The van der Waals surface area contributed by atoms with Gasteiger partial charge in [0.1, 0.15) is 5.82 Å². The zero-order valence-electron chi connectivity index (χ0n) is 13.0. The second-order valence-electron chi connectivity index (χ2n) is 5.31. The first-order valence-electron chi connectivity index (χ1n) is 7.43. The lowest BCUT2D eigenvalue weighted by atomic mass is 9.75. The number of carbonyl (C=O) groups excluding carboxylic acids is 1. The van der Waals surface area contributed by atoms with Crippen molar-refractivity contribution < 1.29 is 14.7 Å². The number of aliphatic carboxylic acids is 1. The number of amides is 1. The van der Waals surface area contributed by atoms with Gasteiger partial charge in [-0.1, -0.05) is 39.2 Å². The predicted molar refractivity (Wildman–Crippen MR) is 82.3 cm³/mol. The second-order valence-corrected chi connectivity index (χ2v) is 5.31. The summed E-state index contributed by atoms with van der Waals surface area (Å²) in [6, 6.07) is 3.41. The van der Waals surface area contributed by atoms with Crippen LogP contribution in [0.2, 0.25) is 0 Å². The molecule has 0 aliphatic rings. The average molecular weight is 292 g/mol. The number of hydrogen-bond acceptors (Lipinski definition) is 3. The Morgan fingerprint density at radius 1 is 1.29 bits per heavy atom. The van der Waals surface area contributed by atoms with Crippen molar-refractivity contribution >= 4 is 17.7 Å². The van der Waals surface area contributed by atoms with Crippen molar-refractivity contribution in [2.45, 2.75) is 58.3 Å². The van der Waals surface area contributed by atoms with Crippen LogP contribution in [0.1, 0.15) is 58.4 Å². The smallest absolute Gasteiger partial charge is 0.314 e. The van der Waals surface area contributed by atoms with Gasteiger partial charge >= 0.3 is 5.97 Å². The van der Waals surface area contributed by atoms with Crippen LogP contribution in [0.25, 0.3) is 0 Å². The molecule has 2 N–H and O–H groups in total. The second kappa shape index (κ2) is 7.76. The molecule has 0 saturated heterocycles. The lowest BCUT2D eigenvalue weighted by molar-refractivity contribution is -0.144. The first kappa shape index (κ1) is 17.1. The Balaban J connectivity index is 3.02. The third-order valence-electron chi connectivity index (χ3n) is 3.84. The highest BCUT2D eigenvalue weighted by Gasteiger charge is 2.38. The van der Waals surface area contributed by atoms with Gasteiger partial charge < -0.3 is 10.4 Å². The van der Waals surface area contributed by atoms with Crippen molar-refractivity contribution in [3.05, 3.63) is 23.9 Å². The summed E-state index contributed by atoms with van der Waals surface area (Å²) in [6.07, 6.45) is 5.64. The molecular weight excluding hydrogens is 268 g/mol. The number of unbranched alkanes of at least 4 members (excludes halogenated alkanes) is 2. The molecule has 1 heterocycles. The number of carboxylic acids is 1. The van der Waals surface area contributed by atoms with E-state index in [9.17, 15) is 14.7 Å². The van der Waals surface area contributed by atoms with Crippen molar-refractivity contribution in [3.8, 4) is 0 Å². The Labute approximate surface area is 125 Å². The molecule has 0 aromatic carbocycles. The van der Waals surface area contributed by atoms with Gasteiger partial charge in [-0.3, -0.25) is 9.59 Å². The number of carbonyl (C=O) groups is 2. The highest BCUT2D eigenvalue weighted by molar-refractivity contribution is 5.87. The van der Waals surface area contributed by atoms with Crippen molar-refractivity contribution in [2.24, 2.45) is 0 Å².